The van der Waals surface area contributed by atoms with Gasteiger partial charge in [-0.2, -0.15) is 0 Å². The smallest absolute Gasteiger partial charge is 0.261 e. The van der Waals surface area contributed by atoms with Crippen LogP contribution < -0.4 is 34.0 Å². The van der Waals surface area contributed by atoms with E-state index in [2.05, 4.69) is 38.1 Å². The molecule has 0 aromatic heterocycles. The molecular formula is C33H44Br2N4O4. The average molecular weight is 721 g/mol. The monoisotopic (exact) mass is 718 g/mol. The Kier molecular flexibility index (Phi) is 12.6. The topological polar surface area (TPSA) is 68.2 Å². The summed E-state index contributed by atoms with van der Waals surface area (Å²) >= 11 is 0. The van der Waals surface area contributed by atoms with Crippen molar-refractivity contribution in [2.24, 2.45) is 5.16 Å². The molecule has 0 unspecified atom stereocenters. The third-order valence-corrected chi connectivity index (χ3v) is 8.90. The number of carbonyl (C=O) groups excluding carboxylic acids is 2. The number of hydrogen-bond donors (Lipinski definition) is 0. The van der Waals surface area contributed by atoms with Gasteiger partial charge in [0.15, 0.2) is 6.61 Å². The second-order valence-electron chi connectivity index (χ2n) is 12.7. The minimum Gasteiger partial charge on any atom is -1.00 e. The zero-order valence-electron chi connectivity index (χ0n) is 25.6. The molecule has 0 saturated carbocycles. The fourth-order valence-electron chi connectivity index (χ4n) is 6.34. The predicted octanol–water partition coefficient (Wildman–Crippen LogP) is -1.56. The molecule has 3 heterocycles. The molecule has 5 rings (SSSR count). The summed E-state index contributed by atoms with van der Waals surface area (Å²) in [6.45, 7) is 6.04. The van der Waals surface area contributed by atoms with Crippen molar-refractivity contribution in [1.82, 2.24) is 4.90 Å². The molecule has 43 heavy (non-hydrogen) atoms. The van der Waals surface area contributed by atoms with Crippen molar-refractivity contribution in [3.05, 3.63) is 47.5 Å². The van der Waals surface area contributed by atoms with Crippen LogP contribution in [0.2, 0.25) is 0 Å². The van der Waals surface area contributed by atoms with Crippen LogP contribution in [0.15, 0.2) is 41.6 Å². The summed E-state index contributed by atoms with van der Waals surface area (Å²) in [7, 11) is 6.80. The van der Waals surface area contributed by atoms with Gasteiger partial charge in [0.2, 0.25) is 5.90 Å². The highest BCUT2D eigenvalue weighted by Gasteiger charge is 2.41. The molecule has 2 aromatic carbocycles. The number of quaternary nitrogens is 2. The van der Waals surface area contributed by atoms with Gasteiger partial charge in [-0.25, -0.2) is 0 Å². The van der Waals surface area contributed by atoms with E-state index in [0.717, 1.165) is 71.7 Å². The number of imide groups is 1. The molecule has 1 fully saturated rings. The Bertz CT molecular complexity index is 1330. The van der Waals surface area contributed by atoms with Crippen LogP contribution in [-0.4, -0.2) is 105 Å². The number of oxime groups is 1. The lowest BCUT2D eigenvalue weighted by molar-refractivity contribution is -0.914. The van der Waals surface area contributed by atoms with Crippen LogP contribution in [0, 0.1) is 11.8 Å². The molecule has 0 aliphatic carbocycles. The summed E-state index contributed by atoms with van der Waals surface area (Å²) in [5, 5.41) is 5.58. The number of rotatable bonds is 10. The standard InChI is InChI=1S/C33H44N4O4.2BrH/c1-36(2,20-8-9-24-40-30-18-25-41-34-30)19-6-4-5-7-21-37(3)22-16-27(17-23-37)35-32(38)28-14-10-12-26-13-11-15-29(31(26)28)33(35)39;;/h10-15,27H,4-7,16-25H2,1-3H3;2*1H/q+2;;/p-2. The van der Waals surface area contributed by atoms with Crippen molar-refractivity contribution >= 4 is 28.5 Å². The molecule has 234 valence electrons. The molecular weight excluding hydrogens is 676 g/mol. The number of amides is 2. The van der Waals surface area contributed by atoms with Crippen LogP contribution in [0.5, 0.6) is 0 Å². The van der Waals surface area contributed by atoms with E-state index >= 15 is 0 Å². The van der Waals surface area contributed by atoms with Crippen molar-refractivity contribution < 1.29 is 62.1 Å². The van der Waals surface area contributed by atoms with E-state index in [9.17, 15) is 9.59 Å². The highest BCUT2D eigenvalue weighted by molar-refractivity contribution is 6.25. The molecule has 0 spiro atoms. The van der Waals surface area contributed by atoms with E-state index in [4.69, 9.17) is 9.57 Å². The fraction of sp³-hybridized carbons (Fsp3) is 0.545. The lowest BCUT2D eigenvalue weighted by Gasteiger charge is -2.44. The van der Waals surface area contributed by atoms with E-state index in [0.29, 0.717) is 30.2 Å². The Morgan fingerprint density at radius 2 is 1.63 bits per heavy atom. The predicted molar refractivity (Wildman–Crippen MR) is 160 cm³/mol. The van der Waals surface area contributed by atoms with Gasteiger partial charge in [0.05, 0.1) is 59.8 Å². The van der Waals surface area contributed by atoms with Crippen LogP contribution >= 0.6 is 0 Å². The Morgan fingerprint density at radius 1 is 0.977 bits per heavy atom. The maximum Gasteiger partial charge on any atom is 0.261 e. The normalized spacial score (nSPS) is 21.2. The van der Waals surface area contributed by atoms with E-state index in [-0.39, 0.29) is 51.8 Å². The van der Waals surface area contributed by atoms with Crippen molar-refractivity contribution in [3.8, 4) is 11.8 Å². The van der Waals surface area contributed by atoms with Gasteiger partial charge in [-0.3, -0.25) is 14.5 Å². The van der Waals surface area contributed by atoms with Crippen molar-refractivity contribution in [3.63, 3.8) is 0 Å². The quantitative estimate of drug-likeness (QED) is 0.129. The zero-order chi connectivity index (χ0) is 28.9. The van der Waals surface area contributed by atoms with Gasteiger partial charge < -0.3 is 52.5 Å². The molecule has 1 saturated heterocycles. The third kappa shape index (κ3) is 8.59. The summed E-state index contributed by atoms with van der Waals surface area (Å²) < 4.78 is 7.39. The Morgan fingerprint density at radius 3 is 2.26 bits per heavy atom. The number of halogens is 2. The van der Waals surface area contributed by atoms with E-state index in [1.165, 1.54) is 25.7 Å². The first-order valence-electron chi connectivity index (χ1n) is 15.1. The highest BCUT2D eigenvalue weighted by atomic mass is 79.9. The summed E-state index contributed by atoms with van der Waals surface area (Å²) in [6.07, 6.45) is 7.31. The Hall–Kier alpha value is -2.45. The van der Waals surface area contributed by atoms with Crippen LogP contribution in [0.4, 0.5) is 0 Å². The number of ether oxygens (including phenoxy) is 1. The van der Waals surface area contributed by atoms with Crippen LogP contribution in [0.3, 0.4) is 0 Å². The van der Waals surface area contributed by atoms with Crippen LogP contribution in [-0.2, 0) is 9.57 Å². The summed E-state index contributed by atoms with van der Waals surface area (Å²) in [6, 6.07) is 11.5. The lowest BCUT2D eigenvalue weighted by Crippen LogP contribution is -3.00. The molecule has 2 amide bonds. The minimum atomic E-state index is -0.129. The summed E-state index contributed by atoms with van der Waals surface area (Å²) in [4.78, 5) is 33.3. The fourth-order valence-corrected chi connectivity index (χ4v) is 6.34. The molecule has 0 N–H and O–H groups in total. The average Bonchev–Trinajstić information content (AvgIpc) is 3.48. The van der Waals surface area contributed by atoms with Gasteiger partial charge in [-0.15, -0.1) is 0 Å². The van der Waals surface area contributed by atoms with E-state index in [1.807, 2.05) is 36.4 Å². The van der Waals surface area contributed by atoms with Crippen molar-refractivity contribution in [2.75, 3.05) is 67.1 Å². The number of piperidine rings is 1. The van der Waals surface area contributed by atoms with Crippen LogP contribution in [0.1, 0.15) is 65.7 Å². The van der Waals surface area contributed by atoms with Crippen molar-refractivity contribution in [2.45, 2.75) is 51.0 Å². The SMILES string of the molecule is C[N+](C)(CC#CCOC1=NOCC1)CCCCCC[N+]1(C)CCC(N2C(=O)c3cccc4cccc(c34)C2=O)CC1.[Br-].[Br-]. The number of hydrogen-bond acceptors (Lipinski definition) is 5. The highest BCUT2D eigenvalue weighted by Crippen LogP contribution is 2.33. The number of unbranched alkanes of at least 4 members (excludes halogenated alkanes) is 3. The molecule has 8 nitrogen and oxygen atoms in total. The molecule has 0 radical (unpaired) electrons. The number of benzene rings is 2. The van der Waals surface area contributed by atoms with Crippen LogP contribution in [0.25, 0.3) is 10.8 Å². The van der Waals surface area contributed by atoms with Gasteiger partial charge in [0.25, 0.3) is 11.8 Å². The number of likely N-dealkylation sites (tertiary alicyclic amines) is 1. The van der Waals surface area contributed by atoms with E-state index in [1.54, 1.807) is 4.90 Å². The largest absolute Gasteiger partial charge is 1.00 e. The molecule has 3 aliphatic heterocycles. The van der Waals surface area contributed by atoms with Gasteiger partial charge in [-0.05, 0) is 49.1 Å². The minimum absolute atomic E-state index is 0. The van der Waals surface area contributed by atoms with Crippen molar-refractivity contribution in [1.29, 1.82) is 0 Å². The first kappa shape index (κ1) is 35.0. The lowest BCUT2D eigenvalue weighted by atomic mass is 9.91. The van der Waals surface area contributed by atoms with Gasteiger partial charge in [0.1, 0.15) is 13.2 Å². The molecule has 10 heteroatoms. The third-order valence-electron chi connectivity index (χ3n) is 8.90. The summed E-state index contributed by atoms with van der Waals surface area (Å²) in [5.41, 5.74) is 1.32. The second kappa shape index (κ2) is 15.5. The van der Waals surface area contributed by atoms with Gasteiger partial charge in [-0.1, -0.05) is 35.3 Å². The van der Waals surface area contributed by atoms with Gasteiger partial charge >= 0.3 is 0 Å². The zero-order valence-corrected chi connectivity index (χ0v) is 28.8. The summed E-state index contributed by atoms with van der Waals surface area (Å²) in [5.74, 6) is 6.72. The molecule has 0 atom stereocenters. The molecule has 2 aromatic rings. The molecule has 0 bridgehead atoms. The first-order valence-corrected chi connectivity index (χ1v) is 15.1. The first-order chi connectivity index (χ1) is 19.8. The number of nitrogens with zero attached hydrogens (tertiary/aromatic N) is 4. The maximum atomic E-state index is 13.4. The number of carbonyl (C=O) groups is 2. The van der Waals surface area contributed by atoms with Gasteiger partial charge in [0, 0.05) is 29.4 Å². The second-order valence-corrected chi connectivity index (χ2v) is 12.7. The Labute approximate surface area is 277 Å². The Balaban J connectivity index is 0.00000253. The van der Waals surface area contributed by atoms with E-state index < -0.39 is 0 Å². The molecule has 3 aliphatic rings. The maximum absolute atomic E-state index is 13.4.